The summed E-state index contributed by atoms with van der Waals surface area (Å²) in [4.78, 5) is 28.4. The van der Waals surface area contributed by atoms with Crippen molar-refractivity contribution in [3.05, 3.63) is 24.0 Å². The minimum absolute atomic E-state index is 0.0860. The zero-order valence-corrected chi connectivity index (χ0v) is 11.3. The number of hydrogen-bond acceptors (Lipinski definition) is 4. The molecular weight excluding hydrogens is 248 g/mol. The third-order valence-corrected chi connectivity index (χ3v) is 2.69. The third-order valence-electron chi connectivity index (χ3n) is 2.69. The van der Waals surface area contributed by atoms with E-state index in [-0.39, 0.29) is 24.9 Å². The maximum Gasteiger partial charge on any atom is 0.305 e. The number of ether oxygens (including phenoxy) is 1. The Morgan fingerprint density at radius 1 is 1.47 bits per heavy atom. The number of aromatic nitrogens is 1. The van der Waals surface area contributed by atoms with Gasteiger partial charge in [-0.3, -0.25) is 14.6 Å². The van der Waals surface area contributed by atoms with Crippen molar-refractivity contribution in [2.45, 2.75) is 26.3 Å². The first-order valence-corrected chi connectivity index (χ1v) is 5.98. The molecule has 1 aromatic heterocycles. The predicted octanol–water partition coefficient (Wildman–Crippen LogP) is 1.42. The summed E-state index contributed by atoms with van der Waals surface area (Å²) in [6, 6.07) is 1.47. The first-order chi connectivity index (χ1) is 8.97. The minimum Gasteiger partial charge on any atom is -0.494 e. The normalized spacial score (nSPS) is 10.3. The quantitative estimate of drug-likeness (QED) is 0.842. The van der Waals surface area contributed by atoms with Crippen molar-refractivity contribution in [3.63, 3.8) is 0 Å². The molecule has 1 amide bonds. The van der Waals surface area contributed by atoms with Gasteiger partial charge in [-0.1, -0.05) is 0 Å². The van der Waals surface area contributed by atoms with Gasteiger partial charge in [-0.15, -0.1) is 0 Å². The number of carboxylic acids is 1. The van der Waals surface area contributed by atoms with Crippen LogP contribution in [0.25, 0.3) is 0 Å². The molecule has 1 heterocycles. The van der Waals surface area contributed by atoms with Gasteiger partial charge in [0.05, 0.1) is 25.3 Å². The van der Waals surface area contributed by atoms with Crippen molar-refractivity contribution in [3.8, 4) is 5.75 Å². The number of amides is 1. The maximum atomic E-state index is 12.4. The molecule has 0 spiro atoms. The van der Waals surface area contributed by atoms with E-state index >= 15 is 0 Å². The van der Waals surface area contributed by atoms with Crippen molar-refractivity contribution < 1.29 is 19.4 Å². The molecule has 6 nitrogen and oxygen atoms in total. The van der Waals surface area contributed by atoms with Gasteiger partial charge in [0.1, 0.15) is 5.75 Å². The number of rotatable bonds is 6. The molecule has 0 aliphatic rings. The highest BCUT2D eigenvalue weighted by molar-refractivity contribution is 5.97. The summed E-state index contributed by atoms with van der Waals surface area (Å²) in [7, 11) is 1.46. The van der Waals surface area contributed by atoms with E-state index in [1.54, 1.807) is 6.07 Å². The molecule has 1 rings (SSSR count). The van der Waals surface area contributed by atoms with E-state index in [0.29, 0.717) is 11.3 Å². The average Bonchev–Trinajstić information content (AvgIpc) is 2.37. The molecule has 104 valence electrons. The lowest BCUT2D eigenvalue weighted by molar-refractivity contribution is -0.137. The average molecular weight is 266 g/mol. The number of carboxylic acid groups (broad SMARTS) is 1. The van der Waals surface area contributed by atoms with E-state index in [4.69, 9.17) is 9.84 Å². The Morgan fingerprint density at radius 2 is 2.16 bits per heavy atom. The third kappa shape index (κ3) is 3.94. The van der Waals surface area contributed by atoms with E-state index in [2.05, 4.69) is 4.98 Å². The molecule has 0 aliphatic heterocycles. The summed E-state index contributed by atoms with van der Waals surface area (Å²) < 4.78 is 5.10. The van der Waals surface area contributed by atoms with Crippen LogP contribution >= 0.6 is 0 Å². The number of carbonyl (C=O) groups is 2. The van der Waals surface area contributed by atoms with E-state index < -0.39 is 5.97 Å². The zero-order valence-electron chi connectivity index (χ0n) is 11.3. The fraction of sp³-hybridized carbons (Fsp3) is 0.462. The summed E-state index contributed by atoms with van der Waals surface area (Å²) in [6.07, 6.45) is 2.88. The second-order valence-corrected chi connectivity index (χ2v) is 4.31. The fourth-order valence-corrected chi connectivity index (χ4v) is 1.68. The number of carbonyl (C=O) groups excluding carboxylic acids is 1. The highest BCUT2D eigenvalue weighted by Crippen LogP contribution is 2.19. The maximum absolute atomic E-state index is 12.4. The highest BCUT2D eigenvalue weighted by Gasteiger charge is 2.22. The van der Waals surface area contributed by atoms with Gasteiger partial charge < -0.3 is 14.7 Å². The van der Waals surface area contributed by atoms with Crippen LogP contribution in [0.2, 0.25) is 0 Å². The van der Waals surface area contributed by atoms with E-state index in [0.717, 1.165) is 0 Å². The van der Waals surface area contributed by atoms with Gasteiger partial charge in [-0.05, 0) is 19.9 Å². The second kappa shape index (κ2) is 6.72. The summed E-state index contributed by atoms with van der Waals surface area (Å²) in [5.41, 5.74) is 0.386. The Balaban J connectivity index is 2.95. The second-order valence-electron chi connectivity index (χ2n) is 4.31. The smallest absolute Gasteiger partial charge is 0.305 e. The lowest BCUT2D eigenvalue weighted by Gasteiger charge is -2.26. The first-order valence-electron chi connectivity index (χ1n) is 5.98. The van der Waals surface area contributed by atoms with Gasteiger partial charge in [-0.25, -0.2) is 0 Å². The lowest BCUT2D eigenvalue weighted by atomic mass is 10.1. The molecule has 1 N–H and O–H groups in total. The van der Waals surface area contributed by atoms with Crippen molar-refractivity contribution in [2.75, 3.05) is 13.7 Å². The van der Waals surface area contributed by atoms with Gasteiger partial charge in [0.25, 0.3) is 5.91 Å². The molecule has 0 aromatic carbocycles. The molecule has 1 aromatic rings. The Kier molecular flexibility index (Phi) is 5.29. The van der Waals surface area contributed by atoms with Crippen molar-refractivity contribution in [1.29, 1.82) is 0 Å². The van der Waals surface area contributed by atoms with Gasteiger partial charge in [-0.2, -0.15) is 0 Å². The number of aliphatic carboxylic acids is 1. The number of hydrogen-bond donors (Lipinski definition) is 1. The highest BCUT2D eigenvalue weighted by atomic mass is 16.5. The Hall–Kier alpha value is -2.11. The van der Waals surface area contributed by atoms with Crippen molar-refractivity contribution >= 4 is 11.9 Å². The van der Waals surface area contributed by atoms with Crippen LogP contribution in [-0.2, 0) is 4.79 Å². The van der Waals surface area contributed by atoms with E-state index in [1.165, 1.54) is 24.4 Å². The SMILES string of the molecule is COc1cnccc1C(=O)N(CCC(=O)O)C(C)C. The lowest BCUT2D eigenvalue weighted by Crippen LogP contribution is -2.38. The largest absolute Gasteiger partial charge is 0.494 e. The van der Waals surface area contributed by atoms with Crippen LogP contribution in [0.15, 0.2) is 18.5 Å². The first kappa shape index (κ1) is 14.9. The minimum atomic E-state index is -0.930. The molecule has 19 heavy (non-hydrogen) atoms. The molecule has 0 saturated heterocycles. The predicted molar refractivity (Wildman–Crippen MR) is 69.2 cm³/mol. The number of methoxy groups -OCH3 is 1. The Morgan fingerprint density at radius 3 is 2.68 bits per heavy atom. The van der Waals surface area contributed by atoms with Crippen LogP contribution in [0.4, 0.5) is 0 Å². The van der Waals surface area contributed by atoms with E-state index in [9.17, 15) is 9.59 Å². The van der Waals surface area contributed by atoms with Crippen LogP contribution in [0.5, 0.6) is 5.75 Å². The van der Waals surface area contributed by atoms with Crippen LogP contribution in [-0.4, -0.2) is 46.6 Å². The molecular formula is C13H18N2O4. The Labute approximate surface area is 112 Å². The Bertz CT molecular complexity index is 460. The number of pyridine rings is 1. The summed E-state index contributed by atoms with van der Waals surface area (Å²) >= 11 is 0. The van der Waals surface area contributed by atoms with Gasteiger partial charge >= 0.3 is 5.97 Å². The standard InChI is InChI=1S/C13H18N2O4/c1-9(2)15(7-5-12(16)17)13(18)10-4-6-14-8-11(10)19-3/h4,6,8-9H,5,7H2,1-3H3,(H,16,17). The summed E-state index contributed by atoms with van der Waals surface area (Å²) in [5.74, 6) is -0.802. The fourth-order valence-electron chi connectivity index (χ4n) is 1.68. The van der Waals surface area contributed by atoms with Gasteiger partial charge in [0.2, 0.25) is 0 Å². The van der Waals surface area contributed by atoms with E-state index in [1.807, 2.05) is 13.8 Å². The zero-order chi connectivity index (χ0) is 14.4. The van der Waals surface area contributed by atoms with Crippen LogP contribution in [0.1, 0.15) is 30.6 Å². The van der Waals surface area contributed by atoms with Crippen molar-refractivity contribution in [2.24, 2.45) is 0 Å². The molecule has 0 bridgehead atoms. The molecule has 0 unspecified atom stereocenters. The molecule has 6 heteroatoms. The topological polar surface area (TPSA) is 79.7 Å². The molecule has 0 fully saturated rings. The monoisotopic (exact) mass is 266 g/mol. The molecule has 0 atom stereocenters. The van der Waals surface area contributed by atoms with Crippen LogP contribution in [0.3, 0.4) is 0 Å². The van der Waals surface area contributed by atoms with Gasteiger partial charge in [0.15, 0.2) is 0 Å². The molecule has 0 saturated carbocycles. The van der Waals surface area contributed by atoms with Crippen LogP contribution in [0, 0.1) is 0 Å². The molecule has 0 radical (unpaired) electrons. The summed E-state index contributed by atoms with van der Waals surface area (Å²) in [6.45, 7) is 3.85. The molecule has 0 aliphatic carbocycles. The summed E-state index contributed by atoms with van der Waals surface area (Å²) in [5, 5.41) is 8.72. The van der Waals surface area contributed by atoms with Crippen molar-refractivity contribution in [1.82, 2.24) is 9.88 Å². The number of nitrogens with zero attached hydrogens (tertiary/aromatic N) is 2. The van der Waals surface area contributed by atoms with Crippen LogP contribution < -0.4 is 4.74 Å². The van der Waals surface area contributed by atoms with Gasteiger partial charge in [0, 0.05) is 18.8 Å².